The molecule has 0 radical (unpaired) electrons. The summed E-state index contributed by atoms with van der Waals surface area (Å²) in [6, 6.07) is 9.96. The highest BCUT2D eigenvalue weighted by atomic mass is 19.1. The summed E-state index contributed by atoms with van der Waals surface area (Å²) in [6.07, 6.45) is 4.31. The number of nitrogens with one attached hydrogen (secondary N) is 2. The summed E-state index contributed by atoms with van der Waals surface area (Å²) in [6.45, 7) is 1.05. The van der Waals surface area contributed by atoms with Crippen LogP contribution < -0.4 is 21.3 Å². The van der Waals surface area contributed by atoms with Gasteiger partial charge in [-0.05, 0) is 73.5 Å². The van der Waals surface area contributed by atoms with Gasteiger partial charge in [-0.3, -0.25) is 14.4 Å². The highest BCUT2D eigenvalue weighted by Gasteiger charge is 2.34. The number of ether oxygens (including phenoxy) is 1. The molecule has 2 aliphatic rings. The van der Waals surface area contributed by atoms with Gasteiger partial charge in [0.1, 0.15) is 12.4 Å². The molecule has 8 nitrogen and oxygen atoms in total. The van der Waals surface area contributed by atoms with E-state index in [9.17, 15) is 18.8 Å². The summed E-state index contributed by atoms with van der Waals surface area (Å²) < 4.78 is 18.6. The van der Waals surface area contributed by atoms with Crippen molar-refractivity contribution in [3.63, 3.8) is 0 Å². The zero-order valence-electron chi connectivity index (χ0n) is 20.5. The van der Waals surface area contributed by atoms with Gasteiger partial charge in [-0.15, -0.1) is 0 Å². The molecular weight excluding hydrogens is 463 g/mol. The Balaban J connectivity index is 1.59. The molecule has 3 amide bonds. The predicted molar refractivity (Wildman–Crippen MR) is 135 cm³/mol. The van der Waals surface area contributed by atoms with E-state index in [1.807, 2.05) is 0 Å². The number of hydrogen-bond donors (Lipinski definition) is 3. The summed E-state index contributed by atoms with van der Waals surface area (Å²) in [7, 11) is 1.42. The molecule has 9 heteroatoms. The van der Waals surface area contributed by atoms with Crippen molar-refractivity contribution in [2.45, 2.75) is 38.1 Å². The third kappa shape index (κ3) is 5.91. The van der Waals surface area contributed by atoms with Crippen LogP contribution in [0.4, 0.5) is 15.8 Å². The average Bonchev–Trinajstić information content (AvgIpc) is 3.03. The molecule has 1 heterocycles. The minimum Gasteiger partial charge on any atom is -0.375 e. The maximum atomic E-state index is 13.5. The quantitative estimate of drug-likeness (QED) is 0.544. The number of benzene rings is 2. The summed E-state index contributed by atoms with van der Waals surface area (Å²) >= 11 is 0. The number of hydrogen-bond acceptors (Lipinski definition) is 5. The first kappa shape index (κ1) is 25.8. The molecule has 3 atom stereocenters. The van der Waals surface area contributed by atoms with Gasteiger partial charge in [0.05, 0.1) is 23.8 Å². The molecular formula is C27H33FN4O4. The molecule has 4 N–H and O–H groups in total. The number of carbonyl (C=O) groups excluding carboxylic acids is 3. The first-order valence-corrected chi connectivity index (χ1v) is 12.4. The lowest BCUT2D eigenvalue weighted by atomic mass is 9.81. The van der Waals surface area contributed by atoms with Gasteiger partial charge >= 0.3 is 0 Å². The Labute approximate surface area is 210 Å². The average molecular weight is 497 g/mol. The lowest BCUT2D eigenvalue weighted by Crippen LogP contribution is -2.37. The van der Waals surface area contributed by atoms with Crippen LogP contribution >= 0.6 is 0 Å². The normalized spacial score (nSPS) is 21.8. The van der Waals surface area contributed by atoms with E-state index in [2.05, 4.69) is 10.6 Å². The highest BCUT2D eigenvalue weighted by Crippen LogP contribution is 2.39. The number of carbonyl (C=O) groups is 3. The van der Waals surface area contributed by atoms with Crippen molar-refractivity contribution in [2.24, 2.45) is 17.6 Å². The van der Waals surface area contributed by atoms with E-state index >= 15 is 0 Å². The van der Waals surface area contributed by atoms with Crippen molar-refractivity contribution >= 4 is 29.1 Å². The molecule has 36 heavy (non-hydrogen) atoms. The zero-order valence-corrected chi connectivity index (χ0v) is 20.5. The van der Waals surface area contributed by atoms with E-state index in [1.165, 1.54) is 24.1 Å². The van der Waals surface area contributed by atoms with Crippen LogP contribution in [-0.4, -0.2) is 44.5 Å². The van der Waals surface area contributed by atoms with Gasteiger partial charge in [0, 0.05) is 19.2 Å². The number of nitrogens with zero attached hydrogens (tertiary/aromatic N) is 1. The lowest BCUT2D eigenvalue weighted by molar-refractivity contribution is -0.122. The number of rotatable bonds is 7. The van der Waals surface area contributed by atoms with Gasteiger partial charge < -0.3 is 26.0 Å². The topological polar surface area (TPSA) is 114 Å². The molecule has 1 aliphatic carbocycles. The molecule has 3 unspecified atom stereocenters. The highest BCUT2D eigenvalue weighted by molar-refractivity contribution is 6.07. The summed E-state index contributed by atoms with van der Waals surface area (Å²) in [5.74, 6) is -0.409. The fourth-order valence-electron chi connectivity index (χ4n) is 5.22. The van der Waals surface area contributed by atoms with Gasteiger partial charge in [-0.25, -0.2) is 4.39 Å². The van der Waals surface area contributed by atoms with Gasteiger partial charge in [0.15, 0.2) is 0 Å². The van der Waals surface area contributed by atoms with Gasteiger partial charge in [0.2, 0.25) is 5.91 Å². The van der Waals surface area contributed by atoms with Crippen molar-refractivity contribution in [3.05, 3.63) is 59.4 Å². The lowest BCUT2D eigenvalue weighted by Gasteiger charge is -2.31. The Morgan fingerprint density at radius 1 is 1.17 bits per heavy atom. The second-order valence-electron chi connectivity index (χ2n) is 9.59. The summed E-state index contributed by atoms with van der Waals surface area (Å²) in [4.78, 5) is 40.4. The van der Waals surface area contributed by atoms with Crippen molar-refractivity contribution in [1.29, 1.82) is 0 Å². The van der Waals surface area contributed by atoms with Gasteiger partial charge in [-0.2, -0.15) is 0 Å². The van der Waals surface area contributed by atoms with Gasteiger partial charge in [0.25, 0.3) is 11.8 Å². The Hall–Kier alpha value is -3.30. The largest absolute Gasteiger partial charge is 0.375 e. The minimum atomic E-state index is -0.657. The van der Waals surface area contributed by atoms with Crippen LogP contribution in [0.1, 0.15) is 54.1 Å². The standard InChI is InChI=1S/C27H33FN4O4/c1-36-16-26(34)32-23-10-7-20(27(35)30-15-18-4-2-3-17(11-18)14-29)12-22(23)31-25(33)13-24(32)19-5-8-21(28)9-6-19/h5-10,12,17-18,24H,2-4,11,13-16,29H2,1H3,(H,30,35)(H,31,33). The van der Waals surface area contributed by atoms with Crippen LogP contribution in [-0.2, 0) is 14.3 Å². The molecule has 0 aromatic heterocycles. The fraction of sp³-hybridized carbons (Fsp3) is 0.444. The molecule has 0 bridgehead atoms. The molecule has 1 saturated carbocycles. The predicted octanol–water partition coefficient (Wildman–Crippen LogP) is 3.38. The number of fused-ring (bicyclic) bond motifs is 1. The van der Waals surface area contributed by atoms with Crippen molar-refractivity contribution in [2.75, 3.05) is 37.0 Å². The van der Waals surface area contributed by atoms with E-state index in [0.717, 1.165) is 25.7 Å². The van der Waals surface area contributed by atoms with Crippen LogP contribution in [0.2, 0.25) is 0 Å². The van der Waals surface area contributed by atoms with E-state index in [4.69, 9.17) is 10.5 Å². The molecule has 1 fully saturated rings. The summed E-state index contributed by atoms with van der Waals surface area (Å²) in [5, 5.41) is 5.85. The SMILES string of the molecule is COCC(=O)N1c2ccc(C(=O)NCC3CCCC(CN)C3)cc2NC(=O)CC1c1ccc(F)cc1. The second-order valence-corrected chi connectivity index (χ2v) is 9.59. The Bertz CT molecular complexity index is 1110. The Morgan fingerprint density at radius 3 is 2.64 bits per heavy atom. The number of nitrogens with two attached hydrogens (primary N) is 1. The molecule has 4 rings (SSSR count). The zero-order chi connectivity index (χ0) is 25.7. The van der Waals surface area contributed by atoms with E-state index in [-0.39, 0.29) is 30.7 Å². The Kier molecular flexibility index (Phi) is 8.32. The first-order chi connectivity index (χ1) is 17.4. The molecule has 2 aromatic carbocycles. The molecule has 0 saturated heterocycles. The van der Waals surface area contributed by atoms with Crippen molar-refractivity contribution < 1.29 is 23.5 Å². The maximum Gasteiger partial charge on any atom is 0.253 e. The van der Waals surface area contributed by atoms with Crippen LogP contribution in [0.25, 0.3) is 0 Å². The molecule has 0 spiro atoms. The number of anilines is 2. The maximum absolute atomic E-state index is 13.5. The third-order valence-electron chi connectivity index (χ3n) is 7.05. The second kappa shape index (κ2) is 11.6. The van der Waals surface area contributed by atoms with Crippen molar-refractivity contribution in [1.82, 2.24) is 5.32 Å². The molecule has 192 valence electrons. The van der Waals surface area contributed by atoms with Gasteiger partial charge in [-0.1, -0.05) is 18.6 Å². The van der Waals surface area contributed by atoms with Crippen LogP contribution in [0.3, 0.4) is 0 Å². The minimum absolute atomic E-state index is 0.0265. The van der Waals surface area contributed by atoms with E-state index in [0.29, 0.717) is 47.4 Å². The van der Waals surface area contributed by atoms with E-state index < -0.39 is 11.9 Å². The summed E-state index contributed by atoms with van der Waals surface area (Å²) in [5.41, 5.74) is 7.65. The monoisotopic (exact) mass is 496 g/mol. The first-order valence-electron chi connectivity index (χ1n) is 12.4. The molecule has 1 aliphatic heterocycles. The van der Waals surface area contributed by atoms with Crippen LogP contribution in [0.15, 0.2) is 42.5 Å². The van der Waals surface area contributed by atoms with Crippen LogP contribution in [0, 0.1) is 17.7 Å². The fourth-order valence-corrected chi connectivity index (χ4v) is 5.22. The third-order valence-corrected chi connectivity index (χ3v) is 7.05. The smallest absolute Gasteiger partial charge is 0.253 e. The number of amides is 3. The number of halogens is 1. The van der Waals surface area contributed by atoms with Crippen molar-refractivity contribution in [3.8, 4) is 0 Å². The van der Waals surface area contributed by atoms with E-state index in [1.54, 1.807) is 30.3 Å². The Morgan fingerprint density at radius 2 is 1.92 bits per heavy atom. The number of methoxy groups -OCH3 is 1. The van der Waals surface area contributed by atoms with Crippen LogP contribution in [0.5, 0.6) is 0 Å². The molecule has 2 aromatic rings.